The van der Waals surface area contributed by atoms with Crippen molar-refractivity contribution >= 4 is 28.2 Å². The zero-order chi connectivity index (χ0) is 24.8. The maximum Gasteiger partial charge on any atom is 0.341 e. The monoisotopic (exact) mass is 489 g/mol. The fourth-order valence-corrected chi connectivity index (χ4v) is 5.42. The molecule has 1 unspecified atom stereocenters. The number of rotatable bonds is 10. The molecule has 8 heteroatoms. The fraction of sp³-hybridized carbons (Fsp3) is 0.538. The quantitative estimate of drug-likeness (QED) is 0.419. The highest BCUT2D eigenvalue weighted by Crippen LogP contribution is 2.42. The molecule has 0 radical (unpaired) electrons. The van der Waals surface area contributed by atoms with E-state index in [-0.39, 0.29) is 12.0 Å². The van der Waals surface area contributed by atoms with Crippen LogP contribution >= 0.6 is 11.3 Å². The van der Waals surface area contributed by atoms with Gasteiger partial charge in [0.15, 0.2) is 11.5 Å². The number of benzene rings is 1. The highest BCUT2D eigenvalue weighted by Gasteiger charge is 2.30. The highest BCUT2D eigenvalue weighted by molar-refractivity contribution is 7.17. The SMILES string of the molecule is CCOc1cc(C(=O)Nc2sc3c(c2C(=O)OC(C)C)CCC(C)C3)cc(OCC)c1OCC. The average Bonchev–Trinajstić information content (AvgIpc) is 3.12. The standard InChI is InChI=1S/C26H35NO6S/c1-7-30-19-13-17(14-20(31-8-2)23(19)32-9-3)24(28)27-25-22(26(29)33-15(4)5)18-11-10-16(6)12-21(18)34-25/h13-16H,7-12H2,1-6H3,(H,27,28). The van der Waals surface area contributed by atoms with Crippen molar-refractivity contribution in [1.29, 1.82) is 0 Å². The van der Waals surface area contributed by atoms with E-state index in [0.717, 1.165) is 29.7 Å². The minimum absolute atomic E-state index is 0.247. The molecule has 1 heterocycles. The van der Waals surface area contributed by atoms with Gasteiger partial charge >= 0.3 is 5.97 Å². The van der Waals surface area contributed by atoms with Gasteiger partial charge in [-0.3, -0.25) is 4.79 Å². The number of nitrogens with one attached hydrogen (secondary N) is 1. The molecule has 0 saturated heterocycles. The van der Waals surface area contributed by atoms with Crippen LogP contribution in [0.15, 0.2) is 12.1 Å². The molecule has 0 spiro atoms. The normalized spacial score (nSPS) is 15.0. The van der Waals surface area contributed by atoms with Gasteiger partial charge in [-0.2, -0.15) is 0 Å². The van der Waals surface area contributed by atoms with Crippen molar-refractivity contribution in [3.63, 3.8) is 0 Å². The highest BCUT2D eigenvalue weighted by atomic mass is 32.1. The second-order valence-electron chi connectivity index (χ2n) is 8.56. The van der Waals surface area contributed by atoms with Crippen molar-refractivity contribution in [2.75, 3.05) is 25.1 Å². The Morgan fingerprint density at radius 1 is 1.06 bits per heavy atom. The molecule has 34 heavy (non-hydrogen) atoms. The summed E-state index contributed by atoms with van der Waals surface area (Å²) in [5.74, 6) is 1.16. The van der Waals surface area contributed by atoms with Crippen molar-refractivity contribution in [2.24, 2.45) is 5.92 Å². The molecule has 1 aliphatic rings. The first-order chi connectivity index (χ1) is 16.3. The Balaban J connectivity index is 1.99. The number of fused-ring (bicyclic) bond motifs is 1. The van der Waals surface area contributed by atoms with Crippen LogP contribution in [0.3, 0.4) is 0 Å². The fourth-order valence-electron chi connectivity index (χ4n) is 4.02. The average molecular weight is 490 g/mol. The van der Waals surface area contributed by atoms with E-state index in [1.54, 1.807) is 12.1 Å². The number of carbonyl (C=O) groups is 2. The van der Waals surface area contributed by atoms with E-state index >= 15 is 0 Å². The number of carbonyl (C=O) groups excluding carboxylic acids is 2. The number of ether oxygens (including phenoxy) is 4. The molecule has 2 aromatic rings. The summed E-state index contributed by atoms with van der Waals surface area (Å²) in [6.07, 6.45) is 2.46. The zero-order valence-electron chi connectivity index (χ0n) is 20.9. The first-order valence-electron chi connectivity index (χ1n) is 12.0. The maximum absolute atomic E-state index is 13.4. The molecule has 0 bridgehead atoms. The summed E-state index contributed by atoms with van der Waals surface area (Å²) < 4.78 is 22.7. The largest absolute Gasteiger partial charge is 0.490 e. The van der Waals surface area contributed by atoms with E-state index in [2.05, 4.69) is 12.2 Å². The van der Waals surface area contributed by atoms with Crippen LogP contribution in [-0.2, 0) is 17.6 Å². The summed E-state index contributed by atoms with van der Waals surface area (Å²) in [6, 6.07) is 3.29. The molecule has 0 fully saturated rings. The van der Waals surface area contributed by atoms with Crippen LogP contribution in [0.5, 0.6) is 17.2 Å². The third-order valence-electron chi connectivity index (χ3n) is 5.46. The first kappa shape index (κ1) is 25.9. The van der Waals surface area contributed by atoms with E-state index in [9.17, 15) is 9.59 Å². The molecule has 0 saturated carbocycles. The van der Waals surface area contributed by atoms with E-state index in [4.69, 9.17) is 18.9 Å². The summed E-state index contributed by atoms with van der Waals surface area (Å²) in [6.45, 7) is 12.7. The van der Waals surface area contributed by atoms with Gasteiger partial charge in [0.1, 0.15) is 5.00 Å². The van der Waals surface area contributed by atoms with Crippen molar-refractivity contribution in [1.82, 2.24) is 0 Å². The van der Waals surface area contributed by atoms with Gasteiger partial charge in [0.25, 0.3) is 5.91 Å². The number of esters is 1. The Kier molecular flexibility index (Phi) is 8.83. The third-order valence-corrected chi connectivity index (χ3v) is 6.63. The molecular formula is C26H35NO6S. The van der Waals surface area contributed by atoms with Gasteiger partial charge in [-0.05, 0) is 77.5 Å². The van der Waals surface area contributed by atoms with Gasteiger partial charge in [0, 0.05) is 10.4 Å². The number of amides is 1. The van der Waals surface area contributed by atoms with Crippen molar-refractivity contribution in [2.45, 2.75) is 66.9 Å². The Morgan fingerprint density at radius 3 is 2.24 bits per heavy atom. The minimum Gasteiger partial charge on any atom is -0.490 e. The van der Waals surface area contributed by atoms with E-state index < -0.39 is 5.97 Å². The van der Waals surface area contributed by atoms with Gasteiger partial charge in [0.2, 0.25) is 5.75 Å². The summed E-state index contributed by atoms with van der Waals surface area (Å²) in [5.41, 5.74) is 1.84. The molecule has 0 aliphatic heterocycles. The summed E-state index contributed by atoms with van der Waals surface area (Å²) in [4.78, 5) is 27.5. The number of thiophene rings is 1. The first-order valence-corrected chi connectivity index (χ1v) is 12.8. The molecule has 1 aliphatic carbocycles. The van der Waals surface area contributed by atoms with Gasteiger partial charge in [-0.25, -0.2) is 4.79 Å². The van der Waals surface area contributed by atoms with Crippen molar-refractivity contribution < 1.29 is 28.5 Å². The Bertz CT molecular complexity index is 1000. The molecule has 1 N–H and O–H groups in total. The lowest BCUT2D eigenvalue weighted by Crippen LogP contribution is -2.19. The van der Waals surface area contributed by atoms with Gasteiger partial charge < -0.3 is 24.3 Å². The van der Waals surface area contributed by atoms with Gasteiger partial charge in [-0.15, -0.1) is 11.3 Å². The van der Waals surface area contributed by atoms with E-state index in [1.807, 2.05) is 34.6 Å². The molecule has 7 nitrogen and oxygen atoms in total. The van der Waals surface area contributed by atoms with E-state index in [1.165, 1.54) is 11.3 Å². The number of anilines is 1. The van der Waals surface area contributed by atoms with Crippen LogP contribution in [0, 0.1) is 5.92 Å². The third kappa shape index (κ3) is 5.84. The lowest BCUT2D eigenvalue weighted by Gasteiger charge is -2.19. The van der Waals surface area contributed by atoms with Crippen LogP contribution in [0.25, 0.3) is 0 Å². The van der Waals surface area contributed by atoms with Crippen LogP contribution in [0.2, 0.25) is 0 Å². The summed E-state index contributed by atoms with van der Waals surface area (Å²) in [5, 5.41) is 3.50. The Morgan fingerprint density at radius 2 is 1.68 bits per heavy atom. The molecular weight excluding hydrogens is 454 g/mol. The number of hydrogen-bond acceptors (Lipinski definition) is 7. The van der Waals surface area contributed by atoms with E-state index in [0.29, 0.717) is 59.1 Å². The predicted molar refractivity (Wildman–Crippen MR) is 134 cm³/mol. The zero-order valence-corrected chi connectivity index (χ0v) is 21.7. The Hall–Kier alpha value is -2.74. The topological polar surface area (TPSA) is 83.1 Å². The molecule has 186 valence electrons. The second-order valence-corrected chi connectivity index (χ2v) is 9.67. The summed E-state index contributed by atoms with van der Waals surface area (Å²) in [7, 11) is 0. The van der Waals surface area contributed by atoms with Crippen LogP contribution < -0.4 is 19.5 Å². The lowest BCUT2D eigenvalue weighted by atomic mass is 9.88. The number of hydrogen-bond donors (Lipinski definition) is 1. The lowest BCUT2D eigenvalue weighted by molar-refractivity contribution is 0.0378. The second kappa shape index (κ2) is 11.6. The molecule has 1 aromatic carbocycles. The van der Waals surface area contributed by atoms with Gasteiger partial charge in [-0.1, -0.05) is 6.92 Å². The molecule has 1 amide bonds. The smallest absolute Gasteiger partial charge is 0.341 e. The van der Waals surface area contributed by atoms with Gasteiger partial charge in [0.05, 0.1) is 31.5 Å². The molecule has 1 aromatic heterocycles. The van der Waals surface area contributed by atoms with Crippen molar-refractivity contribution in [3.05, 3.63) is 33.7 Å². The molecule has 3 rings (SSSR count). The maximum atomic E-state index is 13.4. The Labute approximate surface area is 205 Å². The van der Waals surface area contributed by atoms with Crippen LogP contribution in [0.4, 0.5) is 5.00 Å². The van der Waals surface area contributed by atoms with Crippen LogP contribution in [0.1, 0.15) is 79.1 Å². The molecule has 1 atom stereocenters. The minimum atomic E-state index is -0.394. The van der Waals surface area contributed by atoms with Crippen LogP contribution in [-0.4, -0.2) is 37.8 Å². The summed E-state index contributed by atoms with van der Waals surface area (Å²) >= 11 is 1.46. The predicted octanol–water partition coefficient (Wildman–Crippen LogP) is 5.89. The van der Waals surface area contributed by atoms with Crippen molar-refractivity contribution in [3.8, 4) is 17.2 Å².